The molecule has 2 atom stereocenters. The minimum absolute atomic E-state index is 0.0857. The van der Waals surface area contributed by atoms with Crippen molar-refractivity contribution in [3.05, 3.63) is 54.6 Å². The predicted octanol–water partition coefficient (Wildman–Crippen LogP) is 3.77. The van der Waals surface area contributed by atoms with E-state index in [0.717, 1.165) is 16.3 Å². The van der Waals surface area contributed by atoms with Crippen LogP contribution in [-0.4, -0.2) is 11.1 Å². The van der Waals surface area contributed by atoms with Crippen molar-refractivity contribution in [2.45, 2.75) is 25.9 Å². The van der Waals surface area contributed by atoms with E-state index < -0.39 is 0 Å². The number of hydrogen-bond donors (Lipinski definition) is 2. The smallest absolute Gasteiger partial charge is 0.128 e. The Kier molecular flexibility index (Phi) is 3.68. The first-order valence-corrected chi connectivity index (χ1v) is 6.22. The standard InChI is InChI=1S/C16H19NO/c1-4-11(2)17-12(3)14-10-9-13-7-5-6-8-15(13)16(14)18/h4-12,17-18H,1H2,2-3H3. The van der Waals surface area contributed by atoms with Gasteiger partial charge in [0, 0.05) is 23.0 Å². The summed E-state index contributed by atoms with van der Waals surface area (Å²) in [6.45, 7) is 7.84. The van der Waals surface area contributed by atoms with Crippen LogP contribution in [0.5, 0.6) is 5.75 Å². The molecule has 0 aliphatic rings. The minimum Gasteiger partial charge on any atom is -0.507 e. The molecule has 0 aromatic heterocycles. The normalized spacial score (nSPS) is 14.3. The summed E-state index contributed by atoms with van der Waals surface area (Å²) in [5, 5.41) is 15.7. The molecule has 0 saturated heterocycles. The second kappa shape index (κ2) is 5.23. The molecule has 0 bridgehead atoms. The lowest BCUT2D eigenvalue weighted by atomic mass is 10.0. The van der Waals surface area contributed by atoms with Crippen LogP contribution in [0.1, 0.15) is 25.5 Å². The van der Waals surface area contributed by atoms with Crippen molar-refractivity contribution in [2.75, 3.05) is 0 Å². The molecule has 0 heterocycles. The Morgan fingerprint density at radius 2 is 1.89 bits per heavy atom. The molecule has 0 aliphatic heterocycles. The summed E-state index contributed by atoms with van der Waals surface area (Å²) in [5.41, 5.74) is 0.919. The topological polar surface area (TPSA) is 32.3 Å². The predicted molar refractivity (Wildman–Crippen MR) is 76.8 cm³/mol. The van der Waals surface area contributed by atoms with Gasteiger partial charge in [0.15, 0.2) is 0 Å². The number of hydrogen-bond acceptors (Lipinski definition) is 2. The van der Waals surface area contributed by atoms with Gasteiger partial charge in [-0.25, -0.2) is 0 Å². The number of fused-ring (bicyclic) bond motifs is 1. The lowest BCUT2D eigenvalue weighted by molar-refractivity contribution is 0.453. The van der Waals surface area contributed by atoms with Gasteiger partial charge in [-0.1, -0.05) is 42.5 Å². The van der Waals surface area contributed by atoms with Crippen LogP contribution in [0.4, 0.5) is 0 Å². The van der Waals surface area contributed by atoms with Crippen molar-refractivity contribution in [2.24, 2.45) is 0 Å². The van der Waals surface area contributed by atoms with Crippen molar-refractivity contribution >= 4 is 10.8 Å². The average Bonchev–Trinajstić information content (AvgIpc) is 2.39. The molecule has 0 saturated carbocycles. The summed E-state index contributed by atoms with van der Waals surface area (Å²) < 4.78 is 0. The highest BCUT2D eigenvalue weighted by Crippen LogP contribution is 2.32. The first-order chi connectivity index (χ1) is 8.63. The highest BCUT2D eigenvalue weighted by molar-refractivity contribution is 5.89. The van der Waals surface area contributed by atoms with Gasteiger partial charge < -0.3 is 10.4 Å². The van der Waals surface area contributed by atoms with Gasteiger partial charge in [0.2, 0.25) is 0 Å². The molecule has 2 rings (SSSR count). The summed E-state index contributed by atoms with van der Waals surface area (Å²) in [7, 11) is 0. The van der Waals surface area contributed by atoms with Crippen LogP contribution in [0, 0.1) is 0 Å². The van der Waals surface area contributed by atoms with Crippen LogP contribution in [0.25, 0.3) is 10.8 Å². The highest BCUT2D eigenvalue weighted by atomic mass is 16.3. The zero-order chi connectivity index (χ0) is 13.1. The van der Waals surface area contributed by atoms with Gasteiger partial charge in [-0.2, -0.15) is 0 Å². The lowest BCUT2D eigenvalue weighted by Crippen LogP contribution is -2.26. The van der Waals surface area contributed by atoms with E-state index in [0.29, 0.717) is 5.75 Å². The van der Waals surface area contributed by atoms with Crippen molar-refractivity contribution in [3.8, 4) is 5.75 Å². The minimum atomic E-state index is 0.0857. The van der Waals surface area contributed by atoms with Gasteiger partial charge >= 0.3 is 0 Å². The monoisotopic (exact) mass is 241 g/mol. The largest absolute Gasteiger partial charge is 0.507 e. The number of phenols is 1. The van der Waals surface area contributed by atoms with E-state index in [1.54, 1.807) is 0 Å². The summed E-state index contributed by atoms with van der Waals surface area (Å²) >= 11 is 0. The summed E-state index contributed by atoms with van der Waals surface area (Å²) in [5.74, 6) is 0.365. The second-order valence-electron chi connectivity index (χ2n) is 4.64. The molecule has 2 N–H and O–H groups in total. The summed E-state index contributed by atoms with van der Waals surface area (Å²) in [4.78, 5) is 0. The fourth-order valence-electron chi connectivity index (χ4n) is 2.17. The van der Waals surface area contributed by atoms with Crippen LogP contribution < -0.4 is 5.32 Å². The molecule has 2 aromatic rings. The molecule has 0 fully saturated rings. The fraction of sp³-hybridized carbons (Fsp3) is 0.250. The SMILES string of the molecule is C=CC(C)NC(C)c1ccc2ccccc2c1O. The van der Waals surface area contributed by atoms with Crippen molar-refractivity contribution in [3.63, 3.8) is 0 Å². The van der Waals surface area contributed by atoms with E-state index in [4.69, 9.17) is 0 Å². The van der Waals surface area contributed by atoms with E-state index in [-0.39, 0.29) is 12.1 Å². The van der Waals surface area contributed by atoms with E-state index >= 15 is 0 Å². The lowest BCUT2D eigenvalue weighted by Gasteiger charge is -2.19. The van der Waals surface area contributed by atoms with Gasteiger partial charge in [0.1, 0.15) is 5.75 Å². The number of aromatic hydroxyl groups is 1. The fourth-order valence-corrected chi connectivity index (χ4v) is 2.17. The van der Waals surface area contributed by atoms with E-state index in [9.17, 15) is 5.11 Å². The number of benzene rings is 2. The Bertz CT molecular complexity index is 562. The number of nitrogens with one attached hydrogen (secondary N) is 1. The summed E-state index contributed by atoms with van der Waals surface area (Å²) in [6.07, 6.45) is 1.86. The first-order valence-electron chi connectivity index (χ1n) is 6.22. The van der Waals surface area contributed by atoms with Crippen LogP contribution in [0.2, 0.25) is 0 Å². The average molecular weight is 241 g/mol. The van der Waals surface area contributed by atoms with Crippen molar-refractivity contribution < 1.29 is 5.11 Å². The Morgan fingerprint density at radius 3 is 2.61 bits per heavy atom. The maximum atomic E-state index is 10.3. The Hall–Kier alpha value is -1.80. The van der Waals surface area contributed by atoms with Gasteiger partial charge in [0.25, 0.3) is 0 Å². The molecule has 2 heteroatoms. The van der Waals surface area contributed by atoms with Crippen LogP contribution in [0.3, 0.4) is 0 Å². The molecule has 2 nitrogen and oxygen atoms in total. The van der Waals surface area contributed by atoms with Crippen molar-refractivity contribution in [1.82, 2.24) is 5.32 Å². The third-order valence-electron chi connectivity index (χ3n) is 3.26. The Morgan fingerprint density at radius 1 is 1.17 bits per heavy atom. The Labute approximate surface area is 108 Å². The quantitative estimate of drug-likeness (QED) is 0.799. The molecule has 18 heavy (non-hydrogen) atoms. The van der Waals surface area contributed by atoms with Gasteiger partial charge in [-0.15, -0.1) is 6.58 Å². The van der Waals surface area contributed by atoms with Crippen LogP contribution in [0.15, 0.2) is 49.1 Å². The third-order valence-corrected chi connectivity index (χ3v) is 3.26. The number of phenolic OH excluding ortho intramolecular Hbond substituents is 1. The molecule has 94 valence electrons. The first kappa shape index (κ1) is 12.7. The highest BCUT2D eigenvalue weighted by Gasteiger charge is 2.13. The summed E-state index contributed by atoms with van der Waals surface area (Å²) in [6, 6.07) is 12.2. The molecule has 0 spiro atoms. The van der Waals surface area contributed by atoms with Crippen molar-refractivity contribution in [1.29, 1.82) is 0 Å². The van der Waals surface area contributed by atoms with Crippen LogP contribution in [-0.2, 0) is 0 Å². The molecular weight excluding hydrogens is 222 g/mol. The zero-order valence-electron chi connectivity index (χ0n) is 10.9. The maximum Gasteiger partial charge on any atom is 0.128 e. The molecule has 2 unspecified atom stereocenters. The van der Waals surface area contributed by atoms with Gasteiger partial charge in [-0.3, -0.25) is 0 Å². The zero-order valence-corrected chi connectivity index (χ0v) is 10.9. The van der Waals surface area contributed by atoms with Gasteiger partial charge in [0.05, 0.1) is 0 Å². The number of rotatable bonds is 4. The van der Waals surface area contributed by atoms with E-state index in [1.165, 1.54) is 0 Å². The van der Waals surface area contributed by atoms with E-state index in [1.807, 2.05) is 56.3 Å². The van der Waals surface area contributed by atoms with E-state index in [2.05, 4.69) is 11.9 Å². The second-order valence-corrected chi connectivity index (χ2v) is 4.64. The Balaban J connectivity index is 2.39. The van der Waals surface area contributed by atoms with Crippen LogP contribution >= 0.6 is 0 Å². The molecular formula is C16H19NO. The molecule has 2 aromatic carbocycles. The molecule has 0 aliphatic carbocycles. The third kappa shape index (κ3) is 2.39. The molecule has 0 radical (unpaired) electrons. The maximum absolute atomic E-state index is 10.3. The molecule has 0 amide bonds. The van der Waals surface area contributed by atoms with Gasteiger partial charge in [-0.05, 0) is 19.2 Å².